The first-order valence-corrected chi connectivity index (χ1v) is 8.07. The van der Waals surface area contributed by atoms with Crippen molar-refractivity contribution in [2.24, 2.45) is 11.8 Å². The summed E-state index contributed by atoms with van der Waals surface area (Å²) in [5.41, 5.74) is 2.54. The molecule has 6 nitrogen and oxygen atoms in total. The van der Waals surface area contributed by atoms with Crippen LogP contribution >= 0.6 is 0 Å². The summed E-state index contributed by atoms with van der Waals surface area (Å²) in [5.74, 6) is -2.45. The van der Waals surface area contributed by atoms with E-state index in [0.717, 1.165) is 17.7 Å². The number of amides is 2. The number of carboxylic acid groups (broad SMARTS) is 1. The molecule has 0 bridgehead atoms. The Morgan fingerprint density at radius 3 is 2.54 bits per heavy atom. The van der Waals surface area contributed by atoms with E-state index in [1.165, 1.54) is 6.92 Å². The minimum atomic E-state index is -0.939. The van der Waals surface area contributed by atoms with Crippen molar-refractivity contribution in [3.8, 4) is 0 Å². The van der Waals surface area contributed by atoms with Gasteiger partial charge in [-0.25, -0.2) is 0 Å². The number of fused-ring (bicyclic) bond motifs is 1. The summed E-state index contributed by atoms with van der Waals surface area (Å²) >= 11 is 0. The first-order chi connectivity index (χ1) is 11.5. The average molecular weight is 328 g/mol. The Balaban J connectivity index is 1.75. The molecule has 0 aromatic heterocycles. The second kappa shape index (κ2) is 6.47. The van der Waals surface area contributed by atoms with Gasteiger partial charge in [-0.3, -0.25) is 14.4 Å². The first kappa shape index (κ1) is 16.2. The fraction of sp³-hybridized carbons (Fsp3) is 0.389. The van der Waals surface area contributed by atoms with Gasteiger partial charge in [0.15, 0.2) is 0 Å². The molecular weight excluding hydrogens is 308 g/mol. The van der Waals surface area contributed by atoms with Crippen LogP contribution < -0.4 is 10.2 Å². The molecule has 2 aliphatic rings. The molecule has 3 rings (SSSR count). The van der Waals surface area contributed by atoms with E-state index in [9.17, 15) is 19.5 Å². The number of aliphatic carboxylic acids is 1. The SMILES string of the molecule is CC(=O)N1CCc2cc(NC(=O)[C@@H]3CC=CC[C@@H]3C(=O)O)ccc21. The third-order valence-electron chi connectivity index (χ3n) is 4.71. The molecule has 0 unspecified atom stereocenters. The maximum Gasteiger partial charge on any atom is 0.307 e. The fourth-order valence-electron chi connectivity index (χ4n) is 3.42. The molecule has 1 heterocycles. The molecule has 0 saturated heterocycles. The van der Waals surface area contributed by atoms with Gasteiger partial charge in [0.2, 0.25) is 11.8 Å². The largest absolute Gasteiger partial charge is 0.481 e. The summed E-state index contributed by atoms with van der Waals surface area (Å²) in [7, 11) is 0. The van der Waals surface area contributed by atoms with Crippen molar-refractivity contribution in [2.75, 3.05) is 16.8 Å². The van der Waals surface area contributed by atoms with Crippen molar-refractivity contribution in [1.29, 1.82) is 0 Å². The van der Waals surface area contributed by atoms with E-state index in [-0.39, 0.29) is 11.8 Å². The lowest BCUT2D eigenvalue weighted by Gasteiger charge is -2.24. The zero-order valence-electron chi connectivity index (χ0n) is 13.5. The molecule has 2 N–H and O–H groups in total. The van der Waals surface area contributed by atoms with E-state index in [4.69, 9.17) is 0 Å². The van der Waals surface area contributed by atoms with Crippen molar-refractivity contribution in [3.63, 3.8) is 0 Å². The Kier molecular flexibility index (Phi) is 4.38. The minimum absolute atomic E-state index is 0.00354. The van der Waals surface area contributed by atoms with Crippen molar-refractivity contribution < 1.29 is 19.5 Å². The highest BCUT2D eigenvalue weighted by Crippen LogP contribution is 2.32. The van der Waals surface area contributed by atoms with E-state index >= 15 is 0 Å². The third-order valence-corrected chi connectivity index (χ3v) is 4.71. The predicted molar refractivity (Wildman–Crippen MR) is 89.8 cm³/mol. The number of nitrogens with zero attached hydrogens (tertiary/aromatic N) is 1. The zero-order chi connectivity index (χ0) is 17.3. The summed E-state index contributed by atoms with van der Waals surface area (Å²) < 4.78 is 0. The number of carbonyl (C=O) groups excluding carboxylic acids is 2. The van der Waals surface area contributed by atoms with Gasteiger partial charge in [-0.05, 0) is 43.0 Å². The van der Waals surface area contributed by atoms with Crippen molar-refractivity contribution in [3.05, 3.63) is 35.9 Å². The highest BCUT2D eigenvalue weighted by atomic mass is 16.4. The maximum atomic E-state index is 12.5. The van der Waals surface area contributed by atoms with E-state index in [1.54, 1.807) is 11.0 Å². The Bertz CT molecular complexity index is 726. The predicted octanol–water partition coefficient (Wildman–Crippen LogP) is 2.20. The summed E-state index contributed by atoms with van der Waals surface area (Å²) in [5, 5.41) is 12.1. The molecule has 0 spiro atoms. The van der Waals surface area contributed by atoms with Crippen LogP contribution in [-0.2, 0) is 20.8 Å². The number of hydrogen-bond donors (Lipinski definition) is 2. The van der Waals surface area contributed by atoms with Crippen LogP contribution in [0.3, 0.4) is 0 Å². The first-order valence-electron chi connectivity index (χ1n) is 8.07. The summed E-state index contributed by atoms with van der Waals surface area (Å²) in [6, 6.07) is 5.45. The van der Waals surface area contributed by atoms with E-state index in [1.807, 2.05) is 24.3 Å². The van der Waals surface area contributed by atoms with Crippen molar-refractivity contribution in [2.45, 2.75) is 26.2 Å². The number of carboxylic acids is 1. The smallest absolute Gasteiger partial charge is 0.307 e. The van der Waals surface area contributed by atoms with Crippen LogP contribution in [0.25, 0.3) is 0 Å². The lowest BCUT2D eigenvalue weighted by atomic mass is 9.82. The van der Waals surface area contributed by atoms with Gasteiger partial charge in [0.1, 0.15) is 0 Å². The maximum absolute atomic E-state index is 12.5. The number of hydrogen-bond acceptors (Lipinski definition) is 3. The molecule has 24 heavy (non-hydrogen) atoms. The van der Waals surface area contributed by atoms with Gasteiger partial charge >= 0.3 is 5.97 Å². The van der Waals surface area contributed by atoms with Crippen LogP contribution in [0.4, 0.5) is 11.4 Å². The molecule has 1 aromatic rings. The number of carbonyl (C=O) groups is 3. The molecule has 126 valence electrons. The topological polar surface area (TPSA) is 86.7 Å². The molecule has 1 aliphatic carbocycles. The fourth-order valence-corrected chi connectivity index (χ4v) is 3.42. The third kappa shape index (κ3) is 3.04. The van der Waals surface area contributed by atoms with Gasteiger partial charge < -0.3 is 15.3 Å². The van der Waals surface area contributed by atoms with Gasteiger partial charge in [0, 0.05) is 24.8 Å². The molecule has 2 amide bonds. The van der Waals surface area contributed by atoms with Crippen LogP contribution in [0.5, 0.6) is 0 Å². The lowest BCUT2D eigenvalue weighted by molar-refractivity contribution is -0.146. The highest BCUT2D eigenvalue weighted by Gasteiger charge is 2.34. The summed E-state index contributed by atoms with van der Waals surface area (Å²) in [6.45, 7) is 2.18. The van der Waals surface area contributed by atoms with Crippen molar-refractivity contribution in [1.82, 2.24) is 0 Å². The van der Waals surface area contributed by atoms with Gasteiger partial charge in [-0.1, -0.05) is 12.2 Å². The average Bonchev–Trinajstić information content (AvgIpc) is 2.98. The van der Waals surface area contributed by atoms with Gasteiger partial charge in [-0.15, -0.1) is 0 Å². The molecule has 0 fully saturated rings. The van der Waals surface area contributed by atoms with Crippen molar-refractivity contribution >= 4 is 29.2 Å². The monoisotopic (exact) mass is 328 g/mol. The quantitative estimate of drug-likeness (QED) is 0.833. The molecular formula is C18H20N2O4. The number of allylic oxidation sites excluding steroid dienone is 2. The second-order valence-corrected chi connectivity index (χ2v) is 6.25. The Hall–Kier alpha value is -2.63. The lowest BCUT2D eigenvalue weighted by Crippen LogP contribution is -2.34. The molecule has 0 saturated carbocycles. The normalized spacial score (nSPS) is 22.1. The second-order valence-electron chi connectivity index (χ2n) is 6.25. The standard InChI is InChI=1S/C18H20N2O4/c1-11(21)20-9-8-12-10-13(6-7-16(12)20)19-17(22)14-4-2-3-5-15(14)18(23)24/h2-3,6-7,10,14-15H,4-5,8-9H2,1H3,(H,19,22)(H,23,24)/t14-,15+/m1/s1. The Labute approximate surface area is 140 Å². The van der Waals surface area contributed by atoms with Crippen LogP contribution in [-0.4, -0.2) is 29.4 Å². The van der Waals surface area contributed by atoms with Crippen LogP contribution in [0.15, 0.2) is 30.4 Å². The molecule has 2 atom stereocenters. The van der Waals surface area contributed by atoms with Gasteiger partial charge in [-0.2, -0.15) is 0 Å². The number of benzene rings is 1. The van der Waals surface area contributed by atoms with E-state index in [0.29, 0.717) is 25.1 Å². The van der Waals surface area contributed by atoms with Crippen LogP contribution in [0, 0.1) is 11.8 Å². The summed E-state index contributed by atoms with van der Waals surface area (Å²) in [6.07, 6.45) is 5.24. The van der Waals surface area contributed by atoms with E-state index in [2.05, 4.69) is 5.32 Å². The Morgan fingerprint density at radius 2 is 1.88 bits per heavy atom. The van der Waals surface area contributed by atoms with Gasteiger partial charge in [0.05, 0.1) is 11.8 Å². The van der Waals surface area contributed by atoms with E-state index < -0.39 is 17.8 Å². The molecule has 0 radical (unpaired) electrons. The molecule has 6 heteroatoms. The number of rotatable bonds is 3. The molecule has 1 aliphatic heterocycles. The molecule has 1 aromatic carbocycles. The highest BCUT2D eigenvalue weighted by molar-refractivity contribution is 5.97. The number of anilines is 2. The van der Waals surface area contributed by atoms with Crippen LogP contribution in [0.2, 0.25) is 0 Å². The minimum Gasteiger partial charge on any atom is -0.481 e. The van der Waals surface area contributed by atoms with Crippen LogP contribution in [0.1, 0.15) is 25.3 Å². The zero-order valence-corrected chi connectivity index (χ0v) is 13.5. The van der Waals surface area contributed by atoms with Gasteiger partial charge in [0.25, 0.3) is 0 Å². The summed E-state index contributed by atoms with van der Waals surface area (Å²) in [4.78, 5) is 37.1. The Morgan fingerprint density at radius 1 is 1.17 bits per heavy atom. The number of nitrogens with one attached hydrogen (secondary N) is 1.